The summed E-state index contributed by atoms with van der Waals surface area (Å²) in [5.74, 6) is 1.37. The van der Waals surface area contributed by atoms with E-state index in [1.807, 2.05) is 0 Å². The highest BCUT2D eigenvalue weighted by Gasteiger charge is 2.20. The molecule has 3 heteroatoms. The molecular formula is C14H27N3. The van der Waals surface area contributed by atoms with Gasteiger partial charge in [-0.05, 0) is 38.8 Å². The lowest BCUT2D eigenvalue weighted by Crippen LogP contribution is -2.37. The molecule has 17 heavy (non-hydrogen) atoms. The van der Waals surface area contributed by atoms with E-state index in [2.05, 4.69) is 62.8 Å². The maximum absolute atomic E-state index is 4.51. The Morgan fingerprint density at radius 2 is 2.00 bits per heavy atom. The summed E-state index contributed by atoms with van der Waals surface area (Å²) in [7, 11) is 2.06. The third-order valence-corrected chi connectivity index (χ3v) is 3.77. The van der Waals surface area contributed by atoms with Crippen LogP contribution in [0.25, 0.3) is 0 Å². The number of hydrogen-bond acceptors (Lipinski definition) is 2. The molecule has 0 aliphatic rings. The topological polar surface area (TPSA) is 29.9 Å². The van der Waals surface area contributed by atoms with Gasteiger partial charge >= 0.3 is 0 Å². The van der Waals surface area contributed by atoms with Crippen LogP contribution in [-0.2, 0) is 13.0 Å². The van der Waals surface area contributed by atoms with Crippen molar-refractivity contribution in [1.29, 1.82) is 0 Å². The van der Waals surface area contributed by atoms with E-state index in [-0.39, 0.29) is 0 Å². The van der Waals surface area contributed by atoms with Gasteiger partial charge in [0.05, 0.1) is 5.69 Å². The average Bonchev–Trinajstić information content (AvgIpc) is 2.65. The molecule has 0 saturated heterocycles. The van der Waals surface area contributed by atoms with Gasteiger partial charge in [-0.15, -0.1) is 0 Å². The molecule has 0 amide bonds. The van der Waals surface area contributed by atoms with Crippen LogP contribution in [0.1, 0.15) is 39.1 Å². The van der Waals surface area contributed by atoms with Crippen LogP contribution >= 0.6 is 0 Å². The molecule has 1 rings (SSSR count). The quantitative estimate of drug-likeness (QED) is 0.824. The van der Waals surface area contributed by atoms with Crippen molar-refractivity contribution >= 4 is 0 Å². The summed E-state index contributed by atoms with van der Waals surface area (Å²) >= 11 is 0. The number of hydrogen-bond donors (Lipinski definition) is 1. The second-order valence-electron chi connectivity index (χ2n) is 5.30. The van der Waals surface area contributed by atoms with Crippen molar-refractivity contribution in [2.24, 2.45) is 11.8 Å². The molecule has 0 saturated carbocycles. The van der Waals surface area contributed by atoms with E-state index in [0.29, 0.717) is 17.9 Å². The Hall–Kier alpha value is -0.830. The van der Waals surface area contributed by atoms with Crippen molar-refractivity contribution < 1.29 is 0 Å². The van der Waals surface area contributed by atoms with Gasteiger partial charge in [0.1, 0.15) is 0 Å². The molecule has 1 aromatic heterocycles. The van der Waals surface area contributed by atoms with Crippen molar-refractivity contribution in [2.75, 3.05) is 7.05 Å². The molecule has 98 valence electrons. The van der Waals surface area contributed by atoms with Gasteiger partial charge in [0.25, 0.3) is 0 Å². The van der Waals surface area contributed by atoms with Gasteiger partial charge in [-0.2, -0.15) is 5.10 Å². The average molecular weight is 237 g/mol. The van der Waals surface area contributed by atoms with E-state index < -0.39 is 0 Å². The number of aromatic nitrogens is 2. The maximum atomic E-state index is 4.51. The molecule has 1 heterocycles. The van der Waals surface area contributed by atoms with E-state index >= 15 is 0 Å². The summed E-state index contributed by atoms with van der Waals surface area (Å²) in [6.07, 6.45) is 1.06. The SMILES string of the molecule is CCn1nc(C)cc1CC(NC)C(C)C(C)C. The fourth-order valence-electron chi connectivity index (χ4n) is 2.28. The Balaban J connectivity index is 2.79. The number of aryl methyl sites for hydroxylation is 2. The molecule has 0 spiro atoms. The largest absolute Gasteiger partial charge is 0.316 e. The van der Waals surface area contributed by atoms with Gasteiger partial charge in [-0.3, -0.25) is 4.68 Å². The molecule has 0 bridgehead atoms. The minimum Gasteiger partial charge on any atom is -0.316 e. The lowest BCUT2D eigenvalue weighted by molar-refractivity contribution is 0.305. The second-order valence-corrected chi connectivity index (χ2v) is 5.30. The Kier molecular flexibility index (Phi) is 5.19. The first kappa shape index (κ1) is 14.2. The van der Waals surface area contributed by atoms with Crippen LogP contribution in [0.5, 0.6) is 0 Å². The zero-order valence-electron chi connectivity index (χ0n) is 12.1. The van der Waals surface area contributed by atoms with Crippen LogP contribution in [0.4, 0.5) is 0 Å². The zero-order valence-corrected chi connectivity index (χ0v) is 12.1. The molecule has 1 N–H and O–H groups in total. The normalized spacial score (nSPS) is 15.2. The van der Waals surface area contributed by atoms with Crippen LogP contribution in [0.15, 0.2) is 6.07 Å². The van der Waals surface area contributed by atoms with Crippen molar-refractivity contribution in [2.45, 2.75) is 53.6 Å². The lowest BCUT2D eigenvalue weighted by atomic mass is 9.88. The Morgan fingerprint density at radius 3 is 2.47 bits per heavy atom. The van der Waals surface area contributed by atoms with E-state index in [1.165, 1.54) is 5.69 Å². The molecule has 0 fully saturated rings. The van der Waals surface area contributed by atoms with Crippen molar-refractivity contribution in [3.8, 4) is 0 Å². The lowest BCUT2D eigenvalue weighted by Gasteiger charge is -2.26. The molecule has 2 unspecified atom stereocenters. The predicted molar refractivity (Wildman–Crippen MR) is 73.2 cm³/mol. The van der Waals surface area contributed by atoms with Crippen LogP contribution in [0.2, 0.25) is 0 Å². The Labute approximate surface area is 106 Å². The van der Waals surface area contributed by atoms with Crippen molar-refractivity contribution in [1.82, 2.24) is 15.1 Å². The highest BCUT2D eigenvalue weighted by molar-refractivity contribution is 5.10. The molecular weight excluding hydrogens is 210 g/mol. The monoisotopic (exact) mass is 237 g/mol. The van der Waals surface area contributed by atoms with Crippen LogP contribution in [0, 0.1) is 18.8 Å². The van der Waals surface area contributed by atoms with Gasteiger partial charge in [0.15, 0.2) is 0 Å². The number of nitrogens with one attached hydrogen (secondary N) is 1. The molecule has 0 aliphatic heterocycles. The summed E-state index contributed by atoms with van der Waals surface area (Å²) in [6, 6.07) is 2.73. The summed E-state index contributed by atoms with van der Waals surface area (Å²) in [4.78, 5) is 0. The molecule has 1 aromatic rings. The number of rotatable bonds is 6. The first-order chi connectivity index (χ1) is 7.99. The standard InChI is InChI=1S/C14H27N3/c1-7-17-13(8-11(4)16-17)9-14(15-6)12(5)10(2)3/h8,10,12,14-15H,7,9H2,1-6H3. The van der Waals surface area contributed by atoms with E-state index in [0.717, 1.165) is 18.7 Å². The maximum Gasteiger partial charge on any atom is 0.0596 e. The van der Waals surface area contributed by atoms with Crippen LogP contribution < -0.4 is 5.32 Å². The summed E-state index contributed by atoms with van der Waals surface area (Å²) in [6.45, 7) is 12.1. The van der Waals surface area contributed by atoms with Gasteiger partial charge in [-0.1, -0.05) is 20.8 Å². The zero-order chi connectivity index (χ0) is 13.0. The number of likely N-dealkylation sites (N-methyl/N-ethyl adjacent to an activating group) is 1. The van der Waals surface area contributed by atoms with E-state index in [9.17, 15) is 0 Å². The van der Waals surface area contributed by atoms with Gasteiger partial charge in [0.2, 0.25) is 0 Å². The molecule has 0 radical (unpaired) electrons. The van der Waals surface area contributed by atoms with Crippen molar-refractivity contribution in [3.63, 3.8) is 0 Å². The highest BCUT2D eigenvalue weighted by Crippen LogP contribution is 2.18. The summed E-state index contributed by atoms with van der Waals surface area (Å²) < 4.78 is 2.12. The van der Waals surface area contributed by atoms with Gasteiger partial charge in [-0.25, -0.2) is 0 Å². The summed E-state index contributed by atoms with van der Waals surface area (Å²) in [5, 5.41) is 7.96. The Bertz CT molecular complexity index is 341. The fraction of sp³-hybridized carbons (Fsp3) is 0.786. The molecule has 2 atom stereocenters. The summed E-state index contributed by atoms with van der Waals surface area (Å²) in [5.41, 5.74) is 2.46. The number of nitrogens with zero attached hydrogens (tertiary/aromatic N) is 2. The smallest absolute Gasteiger partial charge is 0.0596 e. The van der Waals surface area contributed by atoms with Crippen LogP contribution in [-0.4, -0.2) is 22.9 Å². The Morgan fingerprint density at radius 1 is 1.35 bits per heavy atom. The minimum atomic E-state index is 0.524. The first-order valence-electron chi connectivity index (χ1n) is 6.70. The van der Waals surface area contributed by atoms with E-state index in [4.69, 9.17) is 0 Å². The molecule has 3 nitrogen and oxygen atoms in total. The van der Waals surface area contributed by atoms with Gasteiger partial charge in [0, 0.05) is 24.7 Å². The third-order valence-electron chi connectivity index (χ3n) is 3.77. The predicted octanol–water partition coefficient (Wildman–Crippen LogP) is 2.63. The first-order valence-corrected chi connectivity index (χ1v) is 6.70. The molecule has 0 aromatic carbocycles. The van der Waals surface area contributed by atoms with Crippen LogP contribution in [0.3, 0.4) is 0 Å². The second kappa shape index (κ2) is 6.20. The van der Waals surface area contributed by atoms with Crippen molar-refractivity contribution in [3.05, 3.63) is 17.5 Å². The minimum absolute atomic E-state index is 0.524. The van der Waals surface area contributed by atoms with E-state index in [1.54, 1.807) is 0 Å². The van der Waals surface area contributed by atoms with Gasteiger partial charge < -0.3 is 5.32 Å². The molecule has 0 aliphatic carbocycles. The highest BCUT2D eigenvalue weighted by atomic mass is 15.3. The fourth-order valence-corrected chi connectivity index (χ4v) is 2.28. The third kappa shape index (κ3) is 3.56.